The van der Waals surface area contributed by atoms with E-state index in [0.29, 0.717) is 17.2 Å². The van der Waals surface area contributed by atoms with Gasteiger partial charge in [-0.25, -0.2) is 0 Å². The monoisotopic (exact) mass is 255 g/mol. The maximum absolute atomic E-state index is 11.3. The van der Waals surface area contributed by atoms with Crippen molar-refractivity contribution >= 4 is 5.91 Å². The Balaban J connectivity index is 2.68. The van der Waals surface area contributed by atoms with Gasteiger partial charge in [0.15, 0.2) is 18.1 Å². The molecule has 0 aliphatic rings. The van der Waals surface area contributed by atoms with Gasteiger partial charge in [0.25, 0.3) is 5.91 Å². The topological polar surface area (TPSA) is 77.0 Å². The zero-order valence-corrected chi connectivity index (χ0v) is 10.4. The van der Waals surface area contributed by atoms with Crippen LogP contribution in [0.5, 0.6) is 17.2 Å². The van der Waals surface area contributed by atoms with Crippen LogP contribution in [-0.4, -0.2) is 45.0 Å². The maximum atomic E-state index is 11.3. The number of methoxy groups -OCH3 is 2. The van der Waals surface area contributed by atoms with E-state index in [4.69, 9.17) is 19.3 Å². The molecule has 1 rings (SSSR count). The second-order valence-electron chi connectivity index (χ2n) is 3.35. The molecule has 0 aliphatic carbocycles. The fraction of sp³-hybridized carbons (Fsp3) is 0.417. The fourth-order valence-electron chi connectivity index (χ4n) is 1.34. The van der Waals surface area contributed by atoms with Gasteiger partial charge >= 0.3 is 0 Å². The molecule has 0 radical (unpaired) electrons. The average molecular weight is 255 g/mol. The van der Waals surface area contributed by atoms with Crippen molar-refractivity contribution in [3.05, 3.63) is 18.2 Å². The maximum Gasteiger partial charge on any atom is 0.258 e. The molecule has 1 aromatic carbocycles. The standard InChI is InChI=1S/C12H17NO5/c1-16-9-4-3-5-10(17-2)12(9)18-8-11(15)13-6-7-14/h3-5,14H,6-8H2,1-2H3,(H,13,15). The minimum Gasteiger partial charge on any atom is -0.493 e. The number of amides is 1. The lowest BCUT2D eigenvalue weighted by Crippen LogP contribution is -2.31. The third kappa shape index (κ3) is 3.81. The Labute approximate surface area is 105 Å². The molecule has 0 atom stereocenters. The van der Waals surface area contributed by atoms with Crippen LogP contribution >= 0.6 is 0 Å². The summed E-state index contributed by atoms with van der Waals surface area (Å²) in [5.41, 5.74) is 0. The van der Waals surface area contributed by atoms with Gasteiger partial charge in [-0.05, 0) is 12.1 Å². The molecule has 0 spiro atoms. The first-order chi connectivity index (χ1) is 8.72. The van der Waals surface area contributed by atoms with Crippen LogP contribution in [0, 0.1) is 0 Å². The molecule has 18 heavy (non-hydrogen) atoms. The molecule has 0 unspecified atom stereocenters. The molecular weight excluding hydrogens is 238 g/mol. The van der Waals surface area contributed by atoms with Gasteiger partial charge in [0.05, 0.1) is 20.8 Å². The molecule has 1 aromatic rings. The number of benzene rings is 1. The highest BCUT2D eigenvalue weighted by atomic mass is 16.5. The number of aliphatic hydroxyl groups excluding tert-OH is 1. The van der Waals surface area contributed by atoms with Gasteiger partial charge in [0.2, 0.25) is 5.75 Å². The zero-order valence-electron chi connectivity index (χ0n) is 10.4. The number of hydrogen-bond acceptors (Lipinski definition) is 5. The van der Waals surface area contributed by atoms with Crippen LogP contribution in [0.15, 0.2) is 18.2 Å². The quantitative estimate of drug-likeness (QED) is 0.727. The minimum atomic E-state index is -0.322. The Kier molecular flexibility index (Phi) is 5.79. The molecule has 6 heteroatoms. The summed E-state index contributed by atoms with van der Waals surface area (Å²) in [5.74, 6) is 1.03. The second kappa shape index (κ2) is 7.39. The first-order valence-corrected chi connectivity index (χ1v) is 5.44. The van der Waals surface area contributed by atoms with Gasteiger partial charge in [-0.15, -0.1) is 0 Å². The third-order valence-electron chi connectivity index (χ3n) is 2.16. The van der Waals surface area contributed by atoms with E-state index in [1.54, 1.807) is 18.2 Å². The van der Waals surface area contributed by atoms with E-state index in [2.05, 4.69) is 5.32 Å². The van der Waals surface area contributed by atoms with Gasteiger partial charge in [-0.2, -0.15) is 0 Å². The Morgan fingerprint density at radius 3 is 2.39 bits per heavy atom. The summed E-state index contributed by atoms with van der Waals surface area (Å²) in [6.45, 7) is -0.0777. The summed E-state index contributed by atoms with van der Waals surface area (Å²) in [6.07, 6.45) is 0. The van der Waals surface area contributed by atoms with Crippen LogP contribution in [-0.2, 0) is 4.79 Å². The lowest BCUT2D eigenvalue weighted by atomic mass is 10.3. The summed E-state index contributed by atoms with van der Waals surface area (Å²) in [5, 5.41) is 11.1. The van der Waals surface area contributed by atoms with Crippen molar-refractivity contribution in [2.45, 2.75) is 0 Å². The van der Waals surface area contributed by atoms with Gasteiger partial charge < -0.3 is 24.6 Å². The molecule has 0 heterocycles. The largest absolute Gasteiger partial charge is 0.493 e. The number of carbonyl (C=O) groups is 1. The molecule has 100 valence electrons. The normalized spacial score (nSPS) is 9.72. The highest BCUT2D eigenvalue weighted by Crippen LogP contribution is 2.36. The molecular formula is C12H17NO5. The molecule has 1 amide bonds. The van der Waals surface area contributed by atoms with Crippen molar-refractivity contribution in [1.82, 2.24) is 5.32 Å². The van der Waals surface area contributed by atoms with E-state index >= 15 is 0 Å². The van der Waals surface area contributed by atoms with E-state index in [0.717, 1.165) is 0 Å². The highest BCUT2D eigenvalue weighted by molar-refractivity contribution is 5.77. The number of carbonyl (C=O) groups excluding carboxylic acids is 1. The van der Waals surface area contributed by atoms with E-state index in [9.17, 15) is 4.79 Å². The van der Waals surface area contributed by atoms with Crippen molar-refractivity contribution in [3.63, 3.8) is 0 Å². The smallest absolute Gasteiger partial charge is 0.258 e. The van der Waals surface area contributed by atoms with E-state index in [1.807, 2.05) is 0 Å². The Morgan fingerprint density at radius 1 is 1.28 bits per heavy atom. The van der Waals surface area contributed by atoms with Crippen LogP contribution in [0.2, 0.25) is 0 Å². The van der Waals surface area contributed by atoms with Crippen molar-refractivity contribution in [2.75, 3.05) is 34.0 Å². The van der Waals surface area contributed by atoms with E-state index < -0.39 is 0 Å². The predicted molar refractivity (Wildman–Crippen MR) is 65.1 cm³/mol. The SMILES string of the molecule is COc1cccc(OC)c1OCC(=O)NCCO. The van der Waals surface area contributed by atoms with Crippen molar-refractivity contribution in [3.8, 4) is 17.2 Å². The first kappa shape index (κ1) is 14.1. The van der Waals surface area contributed by atoms with Gasteiger partial charge in [0.1, 0.15) is 0 Å². The number of rotatable bonds is 7. The first-order valence-electron chi connectivity index (χ1n) is 5.44. The summed E-state index contributed by atoms with van der Waals surface area (Å²) in [4.78, 5) is 11.3. The molecule has 6 nitrogen and oxygen atoms in total. The Morgan fingerprint density at radius 2 is 1.89 bits per heavy atom. The minimum absolute atomic E-state index is 0.107. The zero-order chi connectivity index (χ0) is 13.4. The fourth-order valence-corrected chi connectivity index (χ4v) is 1.34. The Hall–Kier alpha value is -1.95. The van der Waals surface area contributed by atoms with Crippen LogP contribution in [0.25, 0.3) is 0 Å². The summed E-state index contributed by atoms with van der Waals surface area (Å²) in [6, 6.07) is 5.18. The molecule has 0 saturated heterocycles. The Bertz CT molecular complexity index is 372. The molecule has 0 fully saturated rings. The van der Waals surface area contributed by atoms with Gasteiger partial charge in [0, 0.05) is 6.54 Å². The average Bonchev–Trinajstić information content (AvgIpc) is 2.42. The molecule has 0 saturated carbocycles. The van der Waals surface area contributed by atoms with E-state index in [-0.39, 0.29) is 25.7 Å². The summed E-state index contributed by atoms with van der Waals surface area (Å²) >= 11 is 0. The van der Waals surface area contributed by atoms with Crippen molar-refractivity contribution in [1.29, 1.82) is 0 Å². The van der Waals surface area contributed by atoms with Gasteiger partial charge in [-0.1, -0.05) is 6.07 Å². The lowest BCUT2D eigenvalue weighted by Gasteiger charge is -2.13. The molecule has 0 aliphatic heterocycles. The number of para-hydroxylation sites is 1. The number of hydrogen-bond donors (Lipinski definition) is 2. The number of aliphatic hydroxyl groups is 1. The predicted octanol–water partition coefficient (Wildman–Crippen LogP) is 0.191. The molecule has 0 aromatic heterocycles. The van der Waals surface area contributed by atoms with Crippen molar-refractivity contribution < 1.29 is 24.1 Å². The summed E-state index contributed by atoms with van der Waals surface area (Å²) in [7, 11) is 3.01. The third-order valence-corrected chi connectivity index (χ3v) is 2.16. The second-order valence-corrected chi connectivity index (χ2v) is 3.35. The van der Waals surface area contributed by atoms with Crippen molar-refractivity contribution in [2.24, 2.45) is 0 Å². The number of nitrogens with one attached hydrogen (secondary N) is 1. The van der Waals surface area contributed by atoms with Crippen LogP contribution in [0.3, 0.4) is 0 Å². The van der Waals surface area contributed by atoms with Crippen LogP contribution in [0.1, 0.15) is 0 Å². The van der Waals surface area contributed by atoms with E-state index in [1.165, 1.54) is 14.2 Å². The van der Waals surface area contributed by atoms with Crippen LogP contribution in [0.4, 0.5) is 0 Å². The number of ether oxygens (including phenoxy) is 3. The van der Waals surface area contributed by atoms with Gasteiger partial charge in [-0.3, -0.25) is 4.79 Å². The molecule has 2 N–H and O–H groups in total. The highest BCUT2D eigenvalue weighted by Gasteiger charge is 2.12. The lowest BCUT2D eigenvalue weighted by molar-refractivity contribution is -0.123. The van der Waals surface area contributed by atoms with Crippen LogP contribution < -0.4 is 19.5 Å². The summed E-state index contributed by atoms with van der Waals surface area (Å²) < 4.78 is 15.6. The molecule has 0 bridgehead atoms.